The van der Waals surface area contributed by atoms with Crippen molar-refractivity contribution in [1.29, 1.82) is 0 Å². The number of hydrogen-bond donors (Lipinski definition) is 3. The van der Waals surface area contributed by atoms with Crippen LogP contribution in [0.5, 0.6) is 0 Å². The first-order valence-corrected chi connectivity index (χ1v) is 13.8. The van der Waals surface area contributed by atoms with Crippen LogP contribution in [0.2, 0.25) is 0 Å². The van der Waals surface area contributed by atoms with E-state index in [0.717, 1.165) is 21.8 Å². The van der Waals surface area contributed by atoms with E-state index in [9.17, 15) is 20.0 Å². The summed E-state index contributed by atoms with van der Waals surface area (Å²) < 4.78 is 11.4. The molecule has 10 heteroatoms. The number of nitrogens with zero attached hydrogens (tertiary/aromatic N) is 2. The predicted molar refractivity (Wildman–Crippen MR) is 146 cm³/mol. The molecule has 0 aromatic heterocycles. The zero-order valence-corrected chi connectivity index (χ0v) is 25.0. The maximum atomic E-state index is 12.6. The summed E-state index contributed by atoms with van der Waals surface area (Å²) in [6.45, 7) is 17.7. The Labute approximate surface area is 232 Å². The smallest absolute Gasteiger partial charge is 0.407 e. The number of carbonyl (C=O) groups is 2. The molecular formula is C29H47N4O6. The lowest BCUT2D eigenvalue weighted by Crippen LogP contribution is -2.60. The molecule has 0 saturated carbocycles. The van der Waals surface area contributed by atoms with E-state index in [0.29, 0.717) is 25.7 Å². The number of carbonyl (C=O) groups excluding carboxylic acids is 2. The maximum absolute atomic E-state index is 12.6. The number of benzene rings is 1. The SMILES string of the molecule is Cc1c(CNC(=O)OC2CC(C)(C)N([O])C(C)(C)C2)cccc1CNC(=O)OC1CC(C)(C)N(O)C(C)(C)C1. The van der Waals surface area contributed by atoms with Crippen LogP contribution in [0, 0.1) is 6.92 Å². The first-order valence-electron chi connectivity index (χ1n) is 13.8. The zero-order valence-electron chi connectivity index (χ0n) is 25.0. The molecule has 2 saturated heterocycles. The molecule has 2 fully saturated rings. The molecule has 219 valence electrons. The monoisotopic (exact) mass is 547 g/mol. The van der Waals surface area contributed by atoms with Gasteiger partial charge in [0.2, 0.25) is 0 Å². The van der Waals surface area contributed by atoms with E-state index < -0.39 is 34.3 Å². The number of rotatable bonds is 6. The fraction of sp³-hybridized carbons (Fsp3) is 0.724. The van der Waals surface area contributed by atoms with E-state index in [1.54, 1.807) is 0 Å². The van der Waals surface area contributed by atoms with Gasteiger partial charge in [-0.3, -0.25) is 0 Å². The summed E-state index contributed by atoms with van der Waals surface area (Å²) in [6, 6.07) is 5.73. The van der Waals surface area contributed by atoms with Gasteiger partial charge in [0.1, 0.15) is 12.2 Å². The van der Waals surface area contributed by atoms with Gasteiger partial charge in [0.05, 0.1) is 0 Å². The van der Waals surface area contributed by atoms with Crippen molar-refractivity contribution in [2.75, 3.05) is 0 Å². The van der Waals surface area contributed by atoms with E-state index in [-0.39, 0.29) is 25.3 Å². The summed E-state index contributed by atoms with van der Waals surface area (Å²) in [5, 5.41) is 31.1. The molecule has 2 amide bonds. The Morgan fingerprint density at radius 1 is 0.795 bits per heavy atom. The van der Waals surface area contributed by atoms with Crippen molar-refractivity contribution >= 4 is 12.2 Å². The molecule has 2 heterocycles. The van der Waals surface area contributed by atoms with Crippen LogP contribution in [0.3, 0.4) is 0 Å². The van der Waals surface area contributed by atoms with Gasteiger partial charge in [0.25, 0.3) is 0 Å². The molecule has 0 aliphatic carbocycles. The number of ether oxygens (including phenoxy) is 2. The molecule has 10 nitrogen and oxygen atoms in total. The Balaban J connectivity index is 1.51. The normalized spacial score (nSPS) is 23.2. The van der Waals surface area contributed by atoms with Crippen molar-refractivity contribution in [3.63, 3.8) is 0 Å². The summed E-state index contributed by atoms with van der Waals surface area (Å²) >= 11 is 0. The van der Waals surface area contributed by atoms with Crippen LogP contribution in [0.15, 0.2) is 18.2 Å². The average Bonchev–Trinajstić information content (AvgIpc) is 2.78. The summed E-state index contributed by atoms with van der Waals surface area (Å²) in [6.07, 6.45) is 0.331. The fourth-order valence-corrected chi connectivity index (χ4v) is 6.36. The lowest BCUT2D eigenvalue weighted by molar-refractivity contribution is -0.298. The second-order valence-electron chi connectivity index (χ2n) is 13.6. The first-order chi connectivity index (χ1) is 17.8. The zero-order chi connectivity index (χ0) is 29.4. The largest absolute Gasteiger partial charge is 0.446 e. The predicted octanol–water partition coefficient (Wildman–Crippen LogP) is 5.23. The highest BCUT2D eigenvalue weighted by atomic mass is 16.6. The number of amides is 2. The van der Waals surface area contributed by atoms with Crippen LogP contribution < -0.4 is 10.6 Å². The Morgan fingerprint density at radius 3 is 1.54 bits per heavy atom. The van der Waals surface area contributed by atoms with Crippen molar-refractivity contribution in [3.05, 3.63) is 34.9 Å². The molecule has 39 heavy (non-hydrogen) atoms. The minimum Gasteiger partial charge on any atom is -0.446 e. The van der Waals surface area contributed by atoms with E-state index in [1.807, 2.05) is 80.5 Å². The number of hydrogen-bond acceptors (Lipinski definition) is 7. The minimum absolute atomic E-state index is 0.278. The third kappa shape index (κ3) is 7.42. The second-order valence-corrected chi connectivity index (χ2v) is 13.6. The van der Waals surface area contributed by atoms with Gasteiger partial charge in [-0.25, -0.2) is 9.59 Å². The van der Waals surface area contributed by atoms with Gasteiger partial charge in [-0.15, -0.1) is 10.3 Å². The lowest BCUT2D eigenvalue weighted by atomic mass is 9.80. The molecule has 3 rings (SSSR count). The highest BCUT2D eigenvalue weighted by molar-refractivity contribution is 5.68. The number of alkyl carbamates (subject to hydrolysis) is 2. The van der Waals surface area contributed by atoms with Crippen molar-refractivity contribution in [2.45, 2.75) is 135 Å². The van der Waals surface area contributed by atoms with Crippen LogP contribution in [0.25, 0.3) is 0 Å². The quantitative estimate of drug-likeness (QED) is 0.446. The van der Waals surface area contributed by atoms with Crippen molar-refractivity contribution < 1.29 is 29.5 Å². The number of nitrogens with one attached hydrogen (secondary N) is 2. The van der Waals surface area contributed by atoms with Crippen LogP contribution >= 0.6 is 0 Å². The fourth-order valence-electron chi connectivity index (χ4n) is 6.36. The average molecular weight is 548 g/mol. The van der Waals surface area contributed by atoms with Crippen molar-refractivity contribution in [3.8, 4) is 0 Å². The van der Waals surface area contributed by atoms with E-state index in [2.05, 4.69) is 10.6 Å². The molecule has 2 aliphatic rings. The molecule has 2 aliphatic heterocycles. The minimum atomic E-state index is -0.617. The summed E-state index contributed by atoms with van der Waals surface area (Å²) in [5.41, 5.74) is 0.529. The Morgan fingerprint density at radius 2 is 1.15 bits per heavy atom. The van der Waals surface area contributed by atoms with Gasteiger partial charge in [-0.05, 0) is 79.0 Å². The van der Waals surface area contributed by atoms with Gasteiger partial charge in [0.15, 0.2) is 0 Å². The van der Waals surface area contributed by atoms with Gasteiger partial charge in [-0.1, -0.05) is 18.2 Å². The molecule has 0 bridgehead atoms. The molecule has 0 atom stereocenters. The van der Waals surface area contributed by atoms with Gasteiger partial charge in [0, 0.05) is 60.9 Å². The molecule has 0 spiro atoms. The number of piperidine rings is 2. The van der Waals surface area contributed by atoms with E-state index in [4.69, 9.17) is 9.47 Å². The van der Waals surface area contributed by atoms with Crippen LogP contribution in [-0.4, -0.2) is 61.9 Å². The topological polar surface area (TPSA) is 123 Å². The lowest BCUT2D eigenvalue weighted by Gasteiger charge is -2.50. The maximum Gasteiger partial charge on any atom is 0.407 e. The molecular weight excluding hydrogens is 500 g/mol. The third-order valence-electron chi connectivity index (χ3n) is 8.11. The standard InChI is InChI=1S/C29H47N4O6/c1-19-20(17-30-24(34)38-22-13-26(2,3)32(36)27(4,5)14-22)11-10-12-21(19)18-31-25(35)39-23-15-28(6,7)33(37)29(8,9)16-23/h10-12,22-23,36H,13-18H2,1-9H3,(H,30,34)(H,31,35). The Kier molecular flexibility index (Phi) is 8.97. The van der Waals surface area contributed by atoms with Crippen molar-refractivity contribution in [1.82, 2.24) is 20.8 Å². The summed E-state index contributed by atoms with van der Waals surface area (Å²) in [7, 11) is 0. The Bertz CT molecular complexity index is 940. The van der Waals surface area contributed by atoms with Crippen LogP contribution in [0.4, 0.5) is 9.59 Å². The van der Waals surface area contributed by atoms with Crippen LogP contribution in [0.1, 0.15) is 97.8 Å². The molecule has 1 radical (unpaired) electrons. The molecule has 1 aromatic rings. The second kappa shape index (κ2) is 11.2. The third-order valence-corrected chi connectivity index (χ3v) is 8.11. The molecule has 1 aromatic carbocycles. The summed E-state index contributed by atoms with van der Waals surface area (Å²) in [5.74, 6) is 0. The van der Waals surface area contributed by atoms with Gasteiger partial charge in [-0.2, -0.15) is 5.06 Å². The highest BCUT2D eigenvalue weighted by Crippen LogP contribution is 2.39. The van der Waals surface area contributed by atoms with Gasteiger partial charge < -0.3 is 25.3 Å². The highest BCUT2D eigenvalue weighted by Gasteiger charge is 2.48. The first kappa shape index (κ1) is 31.1. The molecule has 3 N–H and O–H groups in total. The van der Waals surface area contributed by atoms with E-state index in [1.165, 1.54) is 5.06 Å². The summed E-state index contributed by atoms with van der Waals surface area (Å²) in [4.78, 5) is 25.2. The van der Waals surface area contributed by atoms with Crippen LogP contribution in [-0.2, 0) is 27.8 Å². The molecule has 0 unspecified atom stereocenters. The van der Waals surface area contributed by atoms with Crippen molar-refractivity contribution in [2.24, 2.45) is 0 Å². The Hall–Kier alpha value is -2.40. The van der Waals surface area contributed by atoms with Gasteiger partial charge >= 0.3 is 12.2 Å². The number of hydroxylamine groups is 4. The van der Waals surface area contributed by atoms with E-state index >= 15 is 0 Å².